The molecule has 0 spiro atoms. The predicted molar refractivity (Wildman–Crippen MR) is 330 cm³/mol. The van der Waals surface area contributed by atoms with Crippen molar-refractivity contribution in [2.45, 2.75) is 136 Å². The van der Waals surface area contributed by atoms with Gasteiger partial charge in [-0.3, -0.25) is 9.13 Å². The second-order valence-corrected chi connectivity index (χ2v) is 21.8. The molecule has 0 amide bonds. The zero-order valence-corrected chi connectivity index (χ0v) is 50.3. The summed E-state index contributed by atoms with van der Waals surface area (Å²) < 4.78 is 41.4. The zero-order chi connectivity index (χ0) is 62.5. The molecule has 0 bridgehead atoms. The maximum absolute atomic E-state index is 13.4. The molecule has 2 aliphatic rings. The monoisotopic (exact) mass is 1220 g/mol. The van der Waals surface area contributed by atoms with E-state index in [0.717, 1.165) is 109 Å². The molecule has 0 saturated heterocycles. The molecular weight excluding hydrogens is 1150 g/mol. The largest absolute Gasteiger partial charge is 0.511 e. The summed E-state index contributed by atoms with van der Waals surface area (Å²) in [7, 11) is 0. The second kappa shape index (κ2) is 28.5. The smallest absolute Gasteiger partial charge is 0.465 e. The standard InChI is InChI=1S/C35H38N6O6.C31H30N6O6/c1-4-41-38-32(37-39-41)28-15-10-9-14-27(28)25-20-18-24(19-21-25)22-40-31-29(16-11-17-30(31)36-34(40)44-5-2)33(42)45-23(3)46-35(43)47-26-12-7-6-8-13-26;1-19(42-31(40)43-22-8-3-2-4-9-22)41-29(38)25-12-7-13-26-27(25)37(30(39)32-26)18-20-14-16-21(17-15-20)23-10-5-6-11-24(23)28-33-35-36-34-28/h9-11,14-21,23,26H,4-8,12-13,22H2,1-3H3;5-7,10-17,19,22H,2-4,8-9,18H2,1H3,(H,32,39)(H,33,34,35,36). The van der Waals surface area contributed by atoms with Gasteiger partial charge in [0.05, 0.1) is 59.4 Å². The van der Waals surface area contributed by atoms with Crippen molar-refractivity contribution in [2.24, 2.45) is 0 Å². The zero-order valence-electron chi connectivity index (χ0n) is 50.3. The highest BCUT2D eigenvalue weighted by molar-refractivity contribution is 6.03. The van der Waals surface area contributed by atoms with Gasteiger partial charge in [0, 0.05) is 25.0 Å². The lowest BCUT2D eigenvalue weighted by molar-refractivity contribution is -0.0929. The van der Waals surface area contributed by atoms with Gasteiger partial charge in [-0.05, 0) is 133 Å². The van der Waals surface area contributed by atoms with Crippen LogP contribution in [0, 0.1) is 0 Å². The number of fused-ring (bicyclic) bond motifs is 2. The van der Waals surface area contributed by atoms with Crippen LogP contribution in [0.1, 0.15) is 124 Å². The van der Waals surface area contributed by atoms with E-state index in [4.69, 9.17) is 33.2 Å². The van der Waals surface area contributed by atoms with Crippen LogP contribution in [0.3, 0.4) is 0 Å². The number of benzene rings is 6. The molecule has 0 aliphatic heterocycles. The van der Waals surface area contributed by atoms with E-state index in [0.29, 0.717) is 59.4 Å². The van der Waals surface area contributed by atoms with Crippen LogP contribution in [0.2, 0.25) is 0 Å². The number of ether oxygens (including phenoxy) is 7. The quantitative estimate of drug-likeness (QED) is 0.0432. The minimum Gasteiger partial charge on any atom is -0.465 e. The fourth-order valence-electron chi connectivity index (χ4n) is 11.3. The van der Waals surface area contributed by atoms with Crippen LogP contribution in [0.4, 0.5) is 9.59 Å². The van der Waals surface area contributed by atoms with E-state index in [1.807, 2.05) is 122 Å². The van der Waals surface area contributed by atoms with Crippen molar-refractivity contribution in [1.29, 1.82) is 0 Å². The lowest BCUT2D eigenvalue weighted by Gasteiger charge is -2.22. The van der Waals surface area contributed by atoms with Crippen molar-refractivity contribution in [3.05, 3.63) is 166 Å². The number of imidazole rings is 2. The van der Waals surface area contributed by atoms with Gasteiger partial charge in [0.25, 0.3) is 6.01 Å². The number of rotatable bonds is 19. The van der Waals surface area contributed by atoms with E-state index >= 15 is 0 Å². The number of hydrogen-bond donors (Lipinski definition) is 2. The van der Waals surface area contributed by atoms with E-state index in [-0.39, 0.29) is 35.6 Å². The Bertz CT molecular complexity index is 4170. The van der Waals surface area contributed by atoms with E-state index in [1.54, 1.807) is 35.1 Å². The van der Waals surface area contributed by atoms with E-state index in [9.17, 15) is 24.0 Å². The fourth-order valence-corrected chi connectivity index (χ4v) is 11.3. The summed E-state index contributed by atoms with van der Waals surface area (Å²) in [5.41, 5.74) is 9.46. The predicted octanol–water partition coefficient (Wildman–Crippen LogP) is 12.0. The summed E-state index contributed by atoms with van der Waals surface area (Å²) in [6.07, 6.45) is 5.16. The van der Waals surface area contributed by atoms with Crippen LogP contribution in [-0.2, 0) is 48.1 Å². The van der Waals surface area contributed by atoms with Gasteiger partial charge in [-0.15, -0.1) is 20.4 Å². The molecule has 4 heterocycles. The number of aromatic amines is 2. The van der Waals surface area contributed by atoms with Crippen molar-refractivity contribution in [2.75, 3.05) is 6.61 Å². The van der Waals surface area contributed by atoms with Crippen LogP contribution >= 0.6 is 0 Å². The van der Waals surface area contributed by atoms with Gasteiger partial charge in [0.15, 0.2) is 0 Å². The maximum Gasteiger partial charge on any atom is 0.511 e. The maximum atomic E-state index is 13.4. The molecule has 90 heavy (non-hydrogen) atoms. The Hall–Kier alpha value is -10.5. The van der Waals surface area contributed by atoms with Gasteiger partial charge in [-0.1, -0.05) is 122 Å². The molecule has 4 aromatic heterocycles. The number of aromatic nitrogens is 12. The van der Waals surface area contributed by atoms with Crippen molar-refractivity contribution in [3.8, 4) is 51.0 Å². The number of para-hydroxylation sites is 2. The molecule has 464 valence electrons. The highest BCUT2D eigenvalue weighted by Gasteiger charge is 2.27. The molecule has 2 fully saturated rings. The first-order chi connectivity index (χ1) is 43.9. The Morgan fingerprint density at radius 1 is 0.567 bits per heavy atom. The van der Waals surface area contributed by atoms with Crippen LogP contribution < -0.4 is 10.4 Å². The van der Waals surface area contributed by atoms with Gasteiger partial charge in [0.1, 0.15) is 12.2 Å². The molecule has 6 aromatic carbocycles. The van der Waals surface area contributed by atoms with E-state index in [2.05, 4.69) is 46.0 Å². The van der Waals surface area contributed by atoms with Crippen LogP contribution in [-0.4, -0.2) is 116 Å². The fraction of sp³-hybridized carbons (Fsp3) is 0.333. The Kier molecular flexibility index (Phi) is 19.4. The summed E-state index contributed by atoms with van der Waals surface area (Å²) in [5, 5.41) is 27.2. The number of esters is 2. The van der Waals surface area contributed by atoms with Gasteiger partial charge >= 0.3 is 29.9 Å². The van der Waals surface area contributed by atoms with Gasteiger partial charge < -0.3 is 38.1 Å². The molecule has 2 atom stereocenters. The minimum atomic E-state index is -1.18. The first-order valence-corrected chi connectivity index (χ1v) is 30.3. The van der Waals surface area contributed by atoms with E-state index < -0.39 is 36.8 Å². The summed E-state index contributed by atoms with van der Waals surface area (Å²) >= 11 is 0. The number of H-pyrrole nitrogens is 2. The SMILES string of the molecule is CC(OC(=O)OC1CCCCC1)OC(=O)c1cccc2[nH]c(=O)n(Cc3ccc(-c4ccccc4-c4nn[nH]n4)cc3)c12.CCOc1nc2cccc(C(=O)OC(C)OC(=O)OC3CCCCC3)c2n1Cc1ccc(-c2ccccc2-c2nnn(CC)n2)cc1. The number of tetrazole rings is 2. The van der Waals surface area contributed by atoms with Crippen molar-refractivity contribution in [1.82, 2.24) is 59.9 Å². The summed E-state index contributed by atoms with van der Waals surface area (Å²) in [6, 6.07) is 42.1. The normalized spacial score (nSPS) is 14.2. The summed E-state index contributed by atoms with van der Waals surface area (Å²) in [5.74, 6) is -0.327. The summed E-state index contributed by atoms with van der Waals surface area (Å²) in [6.45, 7) is 8.40. The third-order valence-electron chi connectivity index (χ3n) is 15.6. The molecule has 0 radical (unpaired) electrons. The number of carbonyl (C=O) groups is 4. The van der Waals surface area contributed by atoms with Gasteiger partial charge in [0.2, 0.25) is 24.2 Å². The number of hydrogen-bond acceptors (Lipinski definition) is 19. The highest BCUT2D eigenvalue weighted by Crippen LogP contribution is 2.34. The average Bonchev–Trinajstić information content (AvgIpc) is 1.71. The number of aryl methyl sites for hydroxylation is 1. The molecule has 2 aliphatic carbocycles. The average molecular weight is 1220 g/mol. The Morgan fingerprint density at radius 2 is 1.09 bits per heavy atom. The number of carbonyl (C=O) groups excluding carboxylic acids is 4. The Morgan fingerprint density at radius 3 is 1.61 bits per heavy atom. The van der Waals surface area contributed by atoms with Crippen LogP contribution in [0.15, 0.2) is 138 Å². The number of nitrogens with one attached hydrogen (secondary N) is 2. The highest BCUT2D eigenvalue weighted by atomic mass is 16.8. The van der Waals surface area contributed by atoms with Gasteiger partial charge in [-0.2, -0.15) is 15.0 Å². The molecule has 24 nitrogen and oxygen atoms in total. The third kappa shape index (κ3) is 14.6. The summed E-state index contributed by atoms with van der Waals surface area (Å²) in [4.78, 5) is 73.2. The molecule has 12 rings (SSSR count). The topological polar surface area (TPSA) is 287 Å². The van der Waals surface area contributed by atoms with E-state index in [1.165, 1.54) is 18.4 Å². The third-order valence-corrected chi connectivity index (χ3v) is 15.6. The molecule has 10 aromatic rings. The first-order valence-electron chi connectivity index (χ1n) is 30.3. The second-order valence-electron chi connectivity index (χ2n) is 21.8. The minimum absolute atomic E-state index is 0.164. The molecular formula is C66H68N12O12. The number of nitrogens with zero attached hydrogens (tertiary/aromatic N) is 10. The Labute approximate surface area is 516 Å². The first kappa shape index (κ1) is 61.1. The van der Waals surface area contributed by atoms with Crippen LogP contribution in [0.25, 0.3) is 67.1 Å². The molecule has 2 unspecified atom stereocenters. The molecule has 2 N–H and O–H groups in total. The van der Waals surface area contributed by atoms with Crippen LogP contribution in [0.5, 0.6) is 6.01 Å². The van der Waals surface area contributed by atoms with Crippen molar-refractivity contribution < 1.29 is 52.3 Å². The molecule has 2 saturated carbocycles. The van der Waals surface area contributed by atoms with Gasteiger partial charge in [-0.25, -0.2) is 24.0 Å². The molecule has 24 heteroatoms. The van der Waals surface area contributed by atoms with Crippen molar-refractivity contribution >= 4 is 46.3 Å². The van der Waals surface area contributed by atoms with Crippen molar-refractivity contribution in [3.63, 3.8) is 0 Å². The lowest BCUT2D eigenvalue weighted by Crippen LogP contribution is -2.27. The Balaban J connectivity index is 0.000000186. The lowest BCUT2D eigenvalue weighted by atomic mass is 9.98.